The average molecular weight is 257 g/mol. The van der Waals surface area contributed by atoms with Crippen LogP contribution < -0.4 is 10.5 Å². The maximum Gasteiger partial charge on any atom is 0.311 e. The quantitative estimate of drug-likeness (QED) is 0.813. The Kier molecular flexibility index (Phi) is 4.34. The summed E-state index contributed by atoms with van der Waals surface area (Å²) in [6, 6.07) is 5.05. The van der Waals surface area contributed by atoms with Crippen LogP contribution in [0.2, 0.25) is 5.02 Å². The fourth-order valence-corrected chi connectivity index (χ4v) is 1.58. The number of primary amides is 1. The molecule has 17 heavy (non-hydrogen) atoms. The Morgan fingerprint density at radius 2 is 2.12 bits per heavy atom. The molecule has 0 spiro atoms. The van der Waals surface area contributed by atoms with Gasteiger partial charge in [0.15, 0.2) is 0 Å². The molecule has 0 bridgehead atoms. The van der Waals surface area contributed by atoms with Crippen LogP contribution in [0.4, 0.5) is 0 Å². The summed E-state index contributed by atoms with van der Waals surface area (Å²) >= 11 is 5.85. The number of amides is 2. The second-order valence-corrected chi connectivity index (χ2v) is 3.92. The molecule has 0 atom stereocenters. The summed E-state index contributed by atoms with van der Waals surface area (Å²) in [4.78, 5) is 23.2. The van der Waals surface area contributed by atoms with E-state index < -0.39 is 11.8 Å². The van der Waals surface area contributed by atoms with Crippen LogP contribution in [0.1, 0.15) is 5.56 Å². The molecule has 1 aromatic carbocycles. The molecule has 0 saturated carbocycles. The maximum absolute atomic E-state index is 11.3. The Bertz CT molecular complexity index is 448. The molecule has 0 saturated heterocycles. The van der Waals surface area contributed by atoms with Crippen molar-refractivity contribution in [2.45, 2.75) is 6.54 Å². The van der Waals surface area contributed by atoms with Crippen molar-refractivity contribution in [3.8, 4) is 5.75 Å². The second-order valence-electron chi connectivity index (χ2n) is 3.48. The van der Waals surface area contributed by atoms with Crippen molar-refractivity contribution in [1.29, 1.82) is 0 Å². The SMILES string of the molecule is COc1ccc(Cl)cc1CN(C)C(=O)C(N)=O. The molecular formula is C11H13ClN2O3. The predicted molar refractivity (Wildman–Crippen MR) is 63.7 cm³/mol. The van der Waals surface area contributed by atoms with E-state index >= 15 is 0 Å². The van der Waals surface area contributed by atoms with E-state index in [0.717, 1.165) is 0 Å². The molecule has 0 aliphatic carbocycles. The zero-order valence-electron chi connectivity index (χ0n) is 9.57. The third-order valence-corrected chi connectivity index (χ3v) is 2.44. The lowest BCUT2D eigenvalue weighted by Crippen LogP contribution is -2.37. The van der Waals surface area contributed by atoms with Gasteiger partial charge in [0.1, 0.15) is 5.75 Å². The number of likely N-dealkylation sites (N-methyl/N-ethyl adjacent to an activating group) is 1. The lowest BCUT2D eigenvalue weighted by molar-refractivity contribution is -0.143. The van der Waals surface area contributed by atoms with Gasteiger partial charge in [0.05, 0.1) is 7.11 Å². The summed E-state index contributed by atoms with van der Waals surface area (Å²) < 4.78 is 5.13. The van der Waals surface area contributed by atoms with Gasteiger partial charge in [-0.1, -0.05) is 11.6 Å². The molecule has 1 aromatic rings. The number of rotatable bonds is 3. The summed E-state index contributed by atoms with van der Waals surface area (Å²) in [7, 11) is 3.00. The zero-order chi connectivity index (χ0) is 13.0. The third kappa shape index (κ3) is 3.35. The van der Waals surface area contributed by atoms with E-state index in [-0.39, 0.29) is 6.54 Å². The van der Waals surface area contributed by atoms with Gasteiger partial charge in [-0.3, -0.25) is 9.59 Å². The van der Waals surface area contributed by atoms with E-state index in [4.69, 9.17) is 22.1 Å². The molecule has 0 unspecified atom stereocenters. The van der Waals surface area contributed by atoms with Gasteiger partial charge in [-0.25, -0.2) is 0 Å². The first kappa shape index (κ1) is 13.3. The summed E-state index contributed by atoms with van der Waals surface area (Å²) in [5, 5.41) is 0.528. The molecule has 1 rings (SSSR count). The van der Waals surface area contributed by atoms with Crippen LogP contribution in [-0.4, -0.2) is 30.9 Å². The van der Waals surface area contributed by atoms with Crippen LogP contribution in [-0.2, 0) is 16.1 Å². The van der Waals surface area contributed by atoms with Crippen LogP contribution in [0.3, 0.4) is 0 Å². The first-order valence-electron chi connectivity index (χ1n) is 4.83. The van der Waals surface area contributed by atoms with Crippen LogP contribution in [0.15, 0.2) is 18.2 Å². The molecule has 0 aliphatic heterocycles. The van der Waals surface area contributed by atoms with Crippen molar-refractivity contribution in [3.63, 3.8) is 0 Å². The Morgan fingerprint density at radius 3 is 2.65 bits per heavy atom. The minimum Gasteiger partial charge on any atom is -0.496 e. The van der Waals surface area contributed by atoms with Crippen molar-refractivity contribution < 1.29 is 14.3 Å². The van der Waals surface area contributed by atoms with Gasteiger partial charge in [0.2, 0.25) is 0 Å². The normalized spacial score (nSPS) is 9.82. The van der Waals surface area contributed by atoms with E-state index in [1.165, 1.54) is 19.1 Å². The Hall–Kier alpha value is -1.75. The smallest absolute Gasteiger partial charge is 0.311 e. The number of nitrogens with zero attached hydrogens (tertiary/aromatic N) is 1. The first-order chi connectivity index (χ1) is 7.95. The van der Waals surface area contributed by atoms with Gasteiger partial charge in [-0.05, 0) is 18.2 Å². The summed E-state index contributed by atoms with van der Waals surface area (Å²) in [6.45, 7) is 0.200. The molecule has 0 fully saturated rings. The number of hydrogen-bond acceptors (Lipinski definition) is 3. The van der Waals surface area contributed by atoms with E-state index in [0.29, 0.717) is 16.3 Å². The molecular weight excluding hydrogens is 244 g/mol. The van der Waals surface area contributed by atoms with E-state index in [1.807, 2.05) is 0 Å². The predicted octanol–water partition coefficient (Wildman–Crippen LogP) is 0.792. The molecule has 0 radical (unpaired) electrons. The fraction of sp³-hybridized carbons (Fsp3) is 0.273. The van der Waals surface area contributed by atoms with Crippen molar-refractivity contribution >= 4 is 23.4 Å². The standard InChI is InChI=1S/C11H13ClN2O3/c1-14(11(16)10(13)15)6-7-5-8(12)3-4-9(7)17-2/h3-5H,6H2,1-2H3,(H2,13,15). The van der Waals surface area contributed by atoms with Crippen LogP contribution in [0.5, 0.6) is 5.75 Å². The summed E-state index contributed by atoms with van der Waals surface area (Å²) in [5.74, 6) is -1.15. The highest BCUT2D eigenvalue weighted by molar-refractivity contribution is 6.34. The second kappa shape index (κ2) is 5.54. The highest BCUT2D eigenvalue weighted by Gasteiger charge is 2.16. The lowest BCUT2D eigenvalue weighted by atomic mass is 10.2. The third-order valence-electron chi connectivity index (χ3n) is 2.21. The fourth-order valence-electron chi connectivity index (χ4n) is 1.39. The molecule has 0 aromatic heterocycles. The molecule has 2 N–H and O–H groups in total. The highest BCUT2D eigenvalue weighted by Crippen LogP contribution is 2.23. The molecule has 6 heteroatoms. The number of methoxy groups -OCH3 is 1. The Morgan fingerprint density at radius 1 is 1.47 bits per heavy atom. The van der Waals surface area contributed by atoms with Gasteiger partial charge < -0.3 is 15.4 Å². The molecule has 2 amide bonds. The summed E-state index contributed by atoms with van der Waals surface area (Å²) in [5.41, 5.74) is 5.61. The number of hydrogen-bond donors (Lipinski definition) is 1. The van der Waals surface area contributed by atoms with Gasteiger partial charge >= 0.3 is 11.8 Å². The van der Waals surface area contributed by atoms with Gasteiger partial charge in [-0.15, -0.1) is 0 Å². The topological polar surface area (TPSA) is 72.6 Å². The van der Waals surface area contributed by atoms with E-state index in [1.54, 1.807) is 18.2 Å². The largest absolute Gasteiger partial charge is 0.496 e. The minimum absolute atomic E-state index is 0.200. The van der Waals surface area contributed by atoms with Gasteiger partial charge in [0, 0.05) is 24.2 Å². The van der Waals surface area contributed by atoms with Crippen LogP contribution >= 0.6 is 11.6 Å². The number of halogens is 1. The highest BCUT2D eigenvalue weighted by atomic mass is 35.5. The lowest BCUT2D eigenvalue weighted by Gasteiger charge is -2.17. The van der Waals surface area contributed by atoms with Crippen molar-refractivity contribution in [2.24, 2.45) is 5.73 Å². The number of nitrogens with two attached hydrogens (primary N) is 1. The van der Waals surface area contributed by atoms with Gasteiger partial charge in [0.25, 0.3) is 0 Å². The molecule has 5 nitrogen and oxygen atoms in total. The Labute approximate surface area is 104 Å². The number of carbonyl (C=O) groups excluding carboxylic acids is 2. The van der Waals surface area contributed by atoms with Crippen molar-refractivity contribution in [3.05, 3.63) is 28.8 Å². The van der Waals surface area contributed by atoms with E-state index in [9.17, 15) is 9.59 Å². The van der Waals surface area contributed by atoms with E-state index in [2.05, 4.69) is 0 Å². The molecule has 92 valence electrons. The number of benzene rings is 1. The van der Waals surface area contributed by atoms with Crippen LogP contribution in [0, 0.1) is 0 Å². The number of ether oxygens (including phenoxy) is 1. The zero-order valence-corrected chi connectivity index (χ0v) is 10.3. The monoisotopic (exact) mass is 256 g/mol. The minimum atomic E-state index is -0.992. The van der Waals surface area contributed by atoms with Crippen LogP contribution in [0.25, 0.3) is 0 Å². The number of carbonyl (C=O) groups is 2. The summed E-state index contributed by atoms with van der Waals surface area (Å²) in [6.07, 6.45) is 0. The maximum atomic E-state index is 11.3. The Balaban J connectivity index is 2.90. The van der Waals surface area contributed by atoms with Gasteiger partial charge in [-0.2, -0.15) is 0 Å². The average Bonchev–Trinajstić information content (AvgIpc) is 2.28. The van der Waals surface area contributed by atoms with Crippen molar-refractivity contribution in [2.75, 3.05) is 14.2 Å². The first-order valence-corrected chi connectivity index (χ1v) is 5.20. The molecule has 0 aliphatic rings. The van der Waals surface area contributed by atoms with Crippen molar-refractivity contribution in [1.82, 2.24) is 4.90 Å². The molecule has 0 heterocycles.